The van der Waals surface area contributed by atoms with Crippen molar-refractivity contribution in [1.29, 1.82) is 0 Å². The number of benzene rings is 2. The summed E-state index contributed by atoms with van der Waals surface area (Å²) in [5.74, 6) is -1.23. The van der Waals surface area contributed by atoms with E-state index < -0.39 is 12.0 Å². The molecule has 0 aromatic heterocycles. The Balaban J connectivity index is 1.88. The largest absolute Gasteiger partial charge is 0.479 e. The zero-order valence-corrected chi connectivity index (χ0v) is 13.3. The van der Waals surface area contributed by atoms with Gasteiger partial charge in [0.25, 0.3) is 5.91 Å². The minimum absolute atomic E-state index is 0.00683. The van der Waals surface area contributed by atoms with Gasteiger partial charge in [-0.25, -0.2) is 4.79 Å². The molecule has 2 aromatic carbocycles. The van der Waals surface area contributed by atoms with E-state index in [1.165, 1.54) is 4.90 Å². The first-order chi connectivity index (χ1) is 11.0. The highest BCUT2D eigenvalue weighted by atomic mass is 35.5. The molecule has 0 saturated heterocycles. The second-order valence-corrected chi connectivity index (χ2v) is 6.17. The Morgan fingerprint density at radius 2 is 1.87 bits per heavy atom. The zero-order chi connectivity index (χ0) is 16.6. The smallest absolute Gasteiger partial charge is 0.331 e. The van der Waals surface area contributed by atoms with Gasteiger partial charge in [0.15, 0.2) is 6.04 Å². The van der Waals surface area contributed by atoms with Gasteiger partial charge in [-0.15, -0.1) is 0 Å². The predicted molar refractivity (Wildman–Crippen MR) is 87.7 cm³/mol. The zero-order valence-electron chi connectivity index (χ0n) is 12.6. The lowest BCUT2D eigenvalue weighted by atomic mass is 10.00. The molecule has 23 heavy (non-hydrogen) atoms. The minimum Gasteiger partial charge on any atom is -0.479 e. The van der Waals surface area contributed by atoms with Crippen molar-refractivity contribution in [1.82, 2.24) is 4.90 Å². The van der Waals surface area contributed by atoms with E-state index in [0.29, 0.717) is 22.7 Å². The van der Waals surface area contributed by atoms with Crippen LogP contribution in [0.2, 0.25) is 5.02 Å². The highest BCUT2D eigenvalue weighted by Gasteiger charge is 2.41. The lowest BCUT2D eigenvalue weighted by molar-refractivity contribution is -0.142. The molecule has 3 rings (SSSR count). The first kappa shape index (κ1) is 15.6. The van der Waals surface area contributed by atoms with Crippen LogP contribution in [-0.4, -0.2) is 28.4 Å². The highest BCUT2D eigenvalue weighted by molar-refractivity contribution is 6.30. The van der Waals surface area contributed by atoms with E-state index in [9.17, 15) is 14.7 Å². The van der Waals surface area contributed by atoms with Crippen molar-refractivity contribution in [2.75, 3.05) is 6.54 Å². The molecule has 0 saturated carbocycles. The maximum Gasteiger partial charge on any atom is 0.331 e. The summed E-state index contributed by atoms with van der Waals surface area (Å²) in [7, 11) is 0. The Kier molecular flexibility index (Phi) is 4.09. The third kappa shape index (κ3) is 2.82. The van der Waals surface area contributed by atoms with Crippen molar-refractivity contribution < 1.29 is 14.7 Å². The fraction of sp³-hybridized carbons (Fsp3) is 0.222. The number of amides is 1. The standard InChI is InChI=1S/C18H16ClNO3/c1-11(12-6-8-13(19)9-7-12)10-20-16(18(22)23)14-4-2-3-5-15(14)17(20)21/h2-9,11,16H,10H2,1H3,(H,22,23). The lowest BCUT2D eigenvalue weighted by Crippen LogP contribution is -2.35. The Labute approximate surface area is 139 Å². The van der Waals surface area contributed by atoms with Crippen LogP contribution < -0.4 is 0 Å². The monoisotopic (exact) mass is 329 g/mol. The number of aliphatic carboxylic acids is 1. The van der Waals surface area contributed by atoms with E-state index >= 15 is 0 Å². The molecule has 118 valence electrons. The molecular weight excluding hydrogens is 314 g/mol. The number of carbonyl (C=O) groups is 2. The number of fused-ring (bicyclic) bond motifs is 1. The van der Waals surface area contributed by atoms with Crippen LogP contribution in [0.25, 0.3) is 0 Å². The molecule has 1 amide bonds. The Morgan fingerprint density at radius 1 is 1.22 bits per heavy atom. The molecule has 5 heteroatoms. The Morgan fingerprint density at radius 3 is 2.52 bits per heavy atom. The van der Waals surface area contributed by atoms with Crippen molar-refractivity contribution >= 4 is 23.5 Å². The van der Waals surface area contributed by atoms with Crippen molar-refractivity contribution in [2.45, 2.75) is 18.9 Å². The summed E-state index contributed by atoms with van der Waals surface area (Å²) >= 11 is 5.89. The van der Waals surface area contributed by atoms with Crippen molar-refractivity contribution in [3.63, 3.8) is 0 Å². The van der Waals surface area contributed by atoms with Crippen LogP contribution in [0.4, 0.5) is 0 Å². The van der Waals surface area contributed by atoms with Gasteiger partial charge in [-0.3, -0.25) is 4.79 Å². The molecule has 1 N–H and O–H groups in total. The minimum atomic E-state index is -1.01. The number of carboxylic acids is 1. The summed E-state index contributed by atoms with van der Waals surface area (Å²) in [6, 6.07) is 13.4. The molecule has 1 aliphatic rings. The molecule has 1 aliphatic heterocycles. The van der Waals surface area contributed by atoms with E-state index in [0.717, 1.165) is 5.56 Å². The average Bonchev–Trinajstić information content (AvgIpc) is 2.81. The number of halogens is 1. The quantitative estimate of drug-likeness (QED) is 0.930. The normalized spacial score (nSPS) is 17.9. The fourth-order valence-electron chi connectivity index (χ4n) is 3.02. The summed E-state index contributed by atoms with van der Waals surface area (Å²) < 4.78 is 0. The molecule has 2 unspecified atom stereocenters. The summed E-state index contributed by atoms with van der Waals surface area (Å²) in [6.45, 7) is 2.31. The van der Waals surface area contributed by atoms with Gasteiger partial charge in [-0.1, -0.05) is 48.9 Å². The van der Waals surface area contributed by atoms with Gasteiger partial charge in [0, 0.05) is 17.1 Å². The average molecular weight is 330 g/mol. The Hall–Kier alpha value is -2.33. The molecular formula is C18H16ClNO3. The lowest BCUT2D eigenvalue weighted by Gasteiger charge is -2.25. The van der Waals surface area contributed by atoms with Crippen LogP contribution in [0.15, 0.2) is 48.5 Å². The van der Waals surface area contributed by atoms with Crippen LogP contribution in [0.3, 0.4) is 0 Å². The number of carbonyl (C=O) groups excluding carboxylic acids is 1. The molecule has 0 aliphatic carbocycles. The second kappa shape index (κ2) is 6.05. The first-order valence-corrected chi connectivity index (χ1v) is 7.75. The highest BCUT2D eigenvalue weighted by Crippen LogP contribution is 2.35. The SMILES string of the molecule is CC(CN1C(=O)c2ccccc2C1C(=O)O)c1ccc(Cl)cc1. The number of carboxylic acid groups (broad SMARTS) is 1. The predicted octanol–water partition coefficient (Wildman–Crippen LogP) is 3.73. The van der Waals surface area contributed by atoms with E-state index in [4.69, 9.17) is 11.6 Å². The van der Waals surface area contributed by atoms with Crippen LogP contribution >= 0.6 is 11.6 Å². The molecule has 2 aromatic rings. The molecule has 0 radical (unpaired) electrons. The number of nitrogens with zero attached hydrogens (tertiary/aromatic N) is 1. The molecule has 1 heterocycles. The van der Waals surface area contributed by atoms with Crippen molar-refractivity contribution in [3.05, 3.63) is 70.2 Å². The number of hydrogen-bond acceptors (Lipinski definition) is 2. The van der Waals surface area contributed by atoms with Crippen LogP contribution in [-0.2, 0) is 4.79 Å². The molecule has 2 atom stereocenters. The van der Waals surface area contributed by atoms with Crippen molar-refractivity contribution in [3.8, 4) is 0 Å². The van der Waals surface area contributed by atoms with Crippen molar-refractivity contribution in [2.24, 2.45) is 0 Å². The molecule has 0 fully saturated rings. The molecule has 4 nitrogen and oxygen atoms in total. The summed E-state index contributed by atoms with van der Waals surface area (Å²) in [5, 5.41) is 10.2. The number of rotatable bonds is 4. The Bertz CT molecular complexity index is 757. The maximum atomic E-state index is 12.6. The van der Waals surface area contributed by atoms with E-state index in [2.05, 4.69) is 0 Å². The van der Waals surface area contributed by atoms with Gasteiger partial charge >= 0.3 is 5.97 Å². The van der Waals surface area contributed by atoms with Gasteiger partial charge in [-0.2, -0.15) is 0 Å². The fourth-order valence-corrected chi connectivity index (χ4v) is 3.14. The van der Waals surface area contributed by atoms with Gasteiger partial charge in [0.05, 0.1) is 0 Å². The van der Waals surface area contributed by atoms with Gasteiger partial charge in [0.2, 0.25) is 0 Å². The first-order valence-electron chi connectivity index (χ1n) is 7.37. The third-order valence-corrected chi connectivity index (χ3v) is 4.45. The number of hydrogen-bond donors (Lipinski definition) is 1. The van der Waals surface area contributed by atoms with E-state index in [-0.39, 0.29) is 11.8 Å². The van der Waals surface area contributed by atoms with Gasteiger partial charge in [-0.05, 0) is 35.2 Å². The van der Waals surface area contributed by atoms with Gasteiger partial charge < -0.3 is 10.0 Å². The maximum absolute atomic E-state index is 12.6. The van der Waals surface area contributed by atoms with E-state index in [1.54, 1.807) is 36.4 Å². The molecule has 0 bridgehead atoms. The summed E-state index contributed by atoms with van der Waals surface area (Å²) in [5.41, 5.74) is 2.05. The van der Waals surface area contributed by atoms with Crippen LogP contribution in [0.5, 0.6) is 0 Å². The summed E-state index contributed by atoms with van der Waals surface area (Å²) in [4.78, 5) is 25.7. The molecule has 0 spiro atoms. The van der Waals surface area contributed by atoms with Crippen LogP contribution in [0.1, 0.15) is 40.4 Å². The van der Waals surface area contributed by atoms with E-state index in [1.807, 2.05) is 19.1 Å². The van der Waals surface area contributed by atoms with Gasteiger partial charge in [0.1, 0.15) is 0 Å². The second-order valence-electron chi connectivity index (χ2n) is 5.74. The summed E-state index contributed by atoms with van der Waals surface area (Å²) in [6.07, 6.45) is 0. The third-order valence-electron chi connectivity index (χ3n) is 4.20. The topological polar surface area (TPSA) is 57.6 Å². The van der Waals surface area contributed by atoms with Crippen LogP contribution in [0, 0.1) is 0 Å².